The molecule has 3 heterocycles. The Morgan fingerprint density at radius 3 is 2.52 bits per heavy atom. The van der Waals surface area contributed by atoms with Gasteiger partial charge in [-0.1, -0.05) is 0 Å². The quantitative estimate of drug-likeness (QED) is 0.369. The molecule has 0 aromatic carbocycles. The second kappa shape index (κ2) is 10.5. The third-order valence-corrected chi connectivity index (χ3v) is 4.91. The minimum atomic E-state index is -4.17. The molecule has 0 bridgehead atoms. The molecule has 2 fully saturated rings. The van der Waals surface area contributed by atoms with Crippen molar-refractivity contribution in [3.63, 3.8) is 0 Å². The average molecular weight is 529 g/mol. The molecule has 1 unspecified atom stereocenters. The Hall–Kier alpha value is -1.50. The fraction of sp³-hybridized carbons (Fsp3) is 0.667. The van der Waals surface area contributed by atoms with Gasteiger partial charge in [-0.3, -0.25) is 14.7 Å². The molecule has 11 heteroatoms. The summed E-state index contributed by atoms with van der Waals surface area (Å²) < 4.78 is 42.9. The summed E-state index contributed by atoms with van der Waals surface area (Å²) in [5, 5.41) is 3.32. The summed E-state index contributed by atoms with van der Waals surface area (Å²) in [5.74, 6) is 0.890. The summed E-state index contributed by atoms with van der Waals surface area (Å²) in [6.07, 6.45) is -2.05. The number of nitrogens with zero attached hydrogens (tertiary/aromatic N) is 4. The van der Waals surface area contributed by atoms with Gasteiger partial charge in [0.05, 0.1) is 12.8 Å². The molecule has 3 rings (SSSR count). The van der Waals surface area contributed by atoms with E-state index in [1.165, 1.54) is 11.2 Å². The molecule has 1 aromatic rings. The topological polar surface area (TPSA) is 64.3 Å². The number of carbonyl (C=O) groups excluding carboxylic acids is 1. The van der Waals surface area contributed by atoms with Gasteiger partial charge in [0.2, 0.25) is 0 Å². The van der Waals surface area contributed by atoms with Crippen molar-refractivity contribution in [1.29, 1.82) is 0 Å². The van der Waals surface area contributed by atoms with Crippen LogP contribution < -0.4 is 5.32 Å². The van der Waals surface area contributed by atoms with Crippen LogP contribution in [0, 0.1) is 0 Å². The van der Waals surface area contributed by atoms with Crippen molar-refractivity contribution in [1.82, 2.24) is 20.0 Å². The van der Waals surface area contributed by atoms with Gasteiger partial charge in [-0.25, -0.2) is 0 Å². The van der Waals surface area contributed by atoms with E-state index in [1.54, 1.807) is 17.0 Å². The first-order chi connectivity index (χ1) is 13.4. The van der Waals surface area contributed by atoms with E-state index in [4.69, 9.17) is 4.42 Å². The van der Waals surface area contributed by atoms with Gasteiger partial charge >= 0.3 is 6.18 Å². The molecular formula is C18H27F3IN5O2. The Balaban J connectivity index is 0.00000300. The maximum atomic E-state index is 12.6. The number of nitrogens with one attached hydrogen (secondary N) is 1. The molecule has 2 aliphatic heterocycles. The molecule has 0 spiro atoms. The van der Waals surface area contributed by atoms with Crippen molar-refractivity contribution in [3.8, 4) is 0 Å². The Kier molecular flexibility index (Phi) is 8.61. The number of carbonyl (C=O) groups is 1. The first kappa shape index (κ1) is 23.8. The molecule has 2 saturated heterocycles. The number of guanidine groups is 1. The standard InChI is InChI=1S/C18H26F3N5O2.HI/c1-2-22-17(23-14-5-6-24(12-14)13-18(19,20)21)26-9-7-25(8-10-26)16(27)15-4-3-11-28-15;/h3-4,11,14H,2,5-10,12-13H2,1H3,(H,22,23);1H. The molecule has 0 aliphatic carbocycles. The molecule has 1 N–H and O–H groups in total. The molecule has 1 aromatic heterocycles. The summed E-state index contributed by atoms with van der Waals surface area (Å²) in [6, 6.07) is 3.27. The molecule has 29 heavy (non-hydrogen) atoms. The van der Waals surface area contributed by atoms with Crippen LogP contribution in [0.4, 0.5) is 13.2 Å². The van der Waals surface area contributed by atoms with Gasteiger partial charge in [0.1, 0.15) is 0 Å². The second-order valence-corrected chi connectivity index (χ2v) is 7.03. The van der Waals surface area contributed by atoms with Gasteiger partial charge in [0, 0.05) is 51.9 Å². The molecule has 1 atom stereocenters. The lowest BCUT2D eigenvalue weighted by Gasteiger charge is -2.37. The van der Waals surface area contributed by atoms with Gasteiger partial charge in [-0.05, 0) is 25.5 Å². The van der Waals surface area contributed by atoms with E-state index in [0.717, 1.165) is 0 Å². The smallest absolute Gasteiger partial charge is 0.401 e. The minimum absolute atomic E-state index is 0. The van der Waals surface area contributed by atoms with Crippen molar-refractivity contribution < 1.29 is 22.4 Å². The number of rotatable bonds is 4. The van der Waals surface area contributed by atoms with Crippen LogP contribution in [-0.2, 0) is 0 Å². The molecule has 0 saturated carbocycles. The number of amides is 1. The average Bonchev–Trinajstić information content (AvgIpc) is 3.32. The number of furan rings is 1. The zero-order chi connectivity index (χ0) is 20.1. The van der Waals surface area contributed by atoms with Crippen LogP contribution in [0.2, 0.25) is 0 Å². The highest BCUT2D eigenvalue weighted by atomic mass is 127. The van der Waals surface area contributed by atoms with Crippen LogP contribution in [0.15, 0.2) is 27.8 Å². The summed E-state index contributed by atoms with van der Waals surface area (Å²) in [5.41, 5.74) is 0. The van der Waals surface area contributed by atoms with E-state index in [0.29, 0.717) is 64.0 Å². The number of piperazine rings is 1. The van der Waals surface area contributed by atoms with E-state index in [2.05, 4.69) is 15.2 Å². The maximum absolute atomic E-state index is 12.6. The number of halogens is 4. The lowest BCUT2D eigenvalue weighted by molar-refractivity contribution is -0.143. The lowest BCUT2D eigenvalue weighted by Crippen LogP contribution is -2.55. The first-order valence-corrected chi connectivity index (χ1v) is 9.53. The lowest BCUT2D eigenvalue weighted by atomic mass is 10.2. The SMILES string of the molecule is CCN=C(NC1CCN(CC(F)(F)F)C1)N1CCN(C(=O)c2ccco2)CC1.I. The van der Waals surface area contributed by atoms with Crippen molar-refractivity contribution >= 4 is 35.8 Å². The highest BCUT2D eigenvalue weighted by Crippen LogP contribution is 2.20. The fourth-order valence-electron chi connectivity index (χ4n) is 3.59. The van der Waals surface area contributed by atoms with E-state index in [-0.39, 0.29) is 35.9 Å². The molecule has 1 amide bonds. The van der Waals surface area contributed by atoms with E-state index in [9.17, 15) is 18.0 Å². The van der Waals surface area contributed by atoms with E-state index in [1.807, 2.05) is 6.92 Å². The normalized spacial score (nSPS) is 21.2. The van der Waals surface area contributed by atoms with E-state index < -0.39 is 12.7 Å². The highest BCUT2D eigenvalue weighted by molar-refractivity contribution is 14.0. The number of hydrogen-bond donors (Lipinski definition) is 1. The predicted octanol–water partition coefficient (Wildman–Crippen LogP) is 2.26. The summed E-state index contributed by atoms with van der Waals surface area (Å²) >= 11 is 0. The Morgan fingerprint density at radius 1 is 1.24 bits per heavy atom. The van der Waals surface area contributed by atoms with Crippen molar-refractivity contribution in [2.45, 2.75) is 25.6 Å². The summed E-state index contributed by atoms with van der Waals surface area (Å²) in [7, 11) is 0. The maximum Gasteiger partial charge on any atom is 0.401 e. The van der Waals surface area contributed by atoms with Crippen molar-refractivity contribution in [3.05, 3.63) is 24.2 Å². The molecule has 164 valence electrons. The van der Waals surface area contributed by atoms with Gasteiger partial charge < -0.3 is 19.5 Å². The number of aliphatic imine (C=N–C) groups is 1. The van der Waals surface area contributed by atoms with Crippen LogP contribution in [0.5, 0.6) is 0 Å². The van der Waals surface area contributed by atoms with Crippen LogP contribution in [0.3, 0.4) is 0 Å². The van der Waals surface area contributed by atoms with Gasteiger partial charge in [-0.15, -0.1) is 24.0 Å². The predicted molar refractivity (Wildman–Crippen MR) is 114 cm³/mol. The van der Waals surface area contributed by atoms with Crippen LogP contribution >= 0.6 is 24.0 Å². The fourth-order valence-corrected chi connectivity index (χ4v) is 3.59. The monoisotopic (exact) mass is 529 g/mol. The molecule has 2 aliphatic rings. The summed E-state index contributed by atoms with van der Waals surface area (Å²) in [6.45, 7) is 4.67. The second-order valence-electron chi connectivity index (χ2n) is 7.03. The van der Waals surface area contributed by atoms with Crippen LogP contribution in [0.1, 0.15) is 23.9 Å². The van der Waals surface area contributed by atoms with Gasteiger partial charge in [-0.2, -0.15) is 13.2 Å². The Labute approximate surface area is 185 Å². The summed E-state index contributed by atoms with van der Waals surface area (Å²) in [4.78, 5) is 22.1. The molecular weight excluding hydrogens is 502 g/mol. The highest BCUT2D eigenvalue weighted by Gasteiger charge is 2.35. The van der Waals surface area contributed by atoms with Crippen molar-refractivity contribution in [2.75, 3.05) is 52.4 Å². The van der Waals surface area contributed by atoms with Gasteiger partial charge in [0.25, 0.3) is 5.91 Å². The van der Waals surface area contributed by atoms with E-state index >= 15 is 0 Å². The first-order valence-electron chi connectivity index (χ1n) is 9.53. The number of hydrogen-bond acceptors (Lipinski definition) is 4. The number of likely N-dealkylation sites (tertiary alicyclic amines) is 1. The Bertz CT molecular complexity index is 676. The minimum Gasteiger partial charge on any atom is -0.459 e. The molecule has 0 radical (unpaired) electrons. The number of alkyl halides is 3. The van der Waals surface area contributed by atoms with Gasteiger partial charge in [0.15, 0.2) is 11.7 Å². The Morgan fingerprint density at radius 2 is 1.93 bits per heavy atom. The third kappa shape index (κ3) is 6.76. The zero-order valence-electron chi connectivity index (χ0n) is 16.3. The zero-order valence-corrected chi connectivity index (χ0v) is 18.7. The van der Waals surface area contributed by atoms with Crippen LogP contribution in [-0.4, -0.2) is 91.1 Å². The molecule has 7 nitrogen and oxygen atoms in total. The largest absolute Gasteiger partial charge is 0.459 e. The van der Waals surface area contributed by atoms with Crippen molar-refractivity contribution in [2.24, 2.45) is 4.99 Å². The third-order valence-electron chi connectivity index (χ3n) is 4.91. The van der Waals surface area contributed by atoms with Crippen LogP contribution in [0.25, 0.3) is 0 Å².